The molecular formula is C74H50N2. The molecule has 0 atom stereocenters. The van der Waals surface area contributed by atoms with Crippen LogP contribution >= 0.6 is 0 Å². The molecule has 0 saturated heterocycles. The van der Waals surface area contributed by atoms with Crippen molar-refractivity contribution in [1.29, 1.82) is 0 Å². The number of rotatable bonds is 10. The first-order valence-corrected chi connectivity index (χ1v) is 26.2. The minimum absolute atomic E-state index is 1.07. The van der Waals surface area contributed by atoms with Gasteiger partial charge in [0.15, 0.2) is 0 Å². The van der Waals surface area contributed by atoms with Gasteiger partial charge < -0.3 is 9.47 Å². The minimum Gasteiger partial charge on any atom is -0.311 e. The second kappa shape index (κ2) is 19.1. The lowest BCUT2D eigenvalue weighted by atomic mass is 9.87. The first-order chi connectivity index (χ1) is 37.7. The van der Waals surface area contributed by atoms with Gasteiger partial charge in [-0.15, -0.1) is 0 Å². The van der Waals surface area contributed by atoms with Crippen LogP contribution in [0.3, 0.4) is 0 Å². The van der Waals surface area contributed by atoms with Crippen LogP contribution in [0.15, 0.2) is 303 Å². The number of benzene rings is 13. The molecule has 0 bridgehead atoms. The maximum atomic E-state index is 2.39. The predicted molar refractivity (Wildman–Crippen MR) is 323 cm³/mol. The van der Waals surface area contributed by atoms with Crippen LogP contribution in [0.4, 0.5) is 17.1 Å². The molecule has 0 N–H and O–H groups in total. The molecule has 0 fully saturated rings. The van der Waals surface area contributed by atoms with Gasteiger partial charge in [0.25, 0.3) is 0 Å². The number of anilines is 3. The van der Waals surface area contributed by atoms with E-state index in [1.54, 1.807) is 0 Å². The van der Waals surface area contributed by atoms with E-state index in [4.69, 9.17) is 0 Å². The molecule has 2 nitrogen and oxygen atoms in total. The summed E-state index contributed by atoms with van der Waals surface area (Å²) in [5, 5.41) is 7.57. The summed E-state index contributed by atoms with van der Waals surface area (Å²) in [5.41, 5.74) is 21.1. The van der Waals surface area contributed by atoms with E-state index >= 15 is 0 Å². The Balaban J connectivity index is 0.836. The van der Waals surface area contributed by atoms with Gasteiger partial charge in [-0.2, -0.15) is 0 Å². The van der Waals surface area contributed by atoms with E-state index in [1.165, 1.54) is 99.0 Å². The molecule has 0 aliphatic heterocycles. The number of aromatic nitrogens is 1. The predicted octanol–water partition coefficient (Wildman–Crippen LogP) is 20.6. The molecule has 0 aliphatic rings. The zero-order valence-corrected chi connectivity index (χ0v) is 41.8. The molecule has 1 aromatic heterocycles. The van der Waals surface area contributed by atoms with Crippen molar-refractivity contribution < 1.29 is 0 Å². The van der Waals surface area contributed by atoms with E-state index in [9.17, 15) is 0 Å². The van der Waals surface area contributed by atoms with Crippen LogP contribution < -0.4 is 4.90 Å². The zero-order valence-electron chi connectivity index (χ0n) is 41.8. The minimum atomic E-state index is 1.07. The van der Waals surface area contributed by atoms with Crippen molar-refractivity contribution in [3.8, 4) is 72.4 Å². The fraction of sp³-hybridized carbons (Fsp3) is 0. The quantitative estimate of drug-likeness (QED) is 0.124. The Morgan fingerprint density at radius 2 is 0.592 bits per heavy atom. The highest BCUT2D eigenvalue weighted by atomic mass is 15.1. The van der Waals surface area contributed by atoms with Crippen LogP contribution in [-0.2, 0) is 0 Å². The van der Waals surface area contributed by atoms with Crippen molar-refractivity contribution >= 4 is 60.4 Å². The Morgan fingerprint density at radius 3 is 1.16 bits per heavy atom. The average molecular weight is 967 g/mol. The lowest BCUT2D eigenvalue weighted by molar-refractivity contribution is 1.18. The Morgan fingerprint density at radius 1 is 0.211 bits per heavy atom. The number of para-hydroxylation sites is 2. The topological polar surface area (TPSA) is 8.17 Å². The first kappa shape index (κ1) is 44.7. The Bertz CT molecular complexity index is 4380. The number of hydrogen-bond acceptors (Lipinski definition) is 1. The first-order valence-electron chi connectivity index (χ1n) is 26.2. The van der Waals surface area contributed by atoms with E-state index in [1.807, 2.05) is 0 Å². The average Bonchev–Trinajstić information content (AvgIpc) is 3.90. The summed E-state index contributed by atoms with van der Waals surface area (Å²) in [6.07, 6.45) is 0. The molecule has 0 saturated carbocycles. The van der Waals surface area contributed by atoms with Gasteiger partial charge in [-0.1, -0.05) is 237 Å². The number of nitrogens with zero attached hydrogens (tertiary/aromatic N) is 2. The SMILES string of the molecule is c1ccc(-c2ccccc2-c2ccccc2-c2ccccc2-c2ccc(N(c3ccc(-c4cccc(-n5c6ccccc6c6ccccc65)c4)cc3)c3ccc(-c4ccc5c(ccc6ccccc65)c4)cc3)cc2)cc1. The summed E-state index contributed by atoms with van der Waals surface area (Å²) in [6, 6.07) is 111. The third kappa shape index (κ3) is 8.01. The molecule has 14 aromatic rings. The lowest BCUT2D eigenvalue weighted by Gasteiger charge is -2.26. The Labute approximate surface area is 443 Å². The van der Waals surface area contributed by atoms with Gasteiger partial charge in [-0.05, 0) is 155 Å². The third-order valence-electron chi connectivity index (χ3n) is 15.2. The van der Waals surface area contributed by atoms with E-state index in [2.05, 4.69) is 313 Å². The summed E-state index contributed by atoms with van der Waals surface area (Å²) < 4.78 is 2.39. The van der Waals surface area contributed by atoms with Crippen molar-refractivity contribution in [1.82, 2.24) is 4.57 Å². The van der Waals surface area contributed by atoms with Gasteiger partial charge in [0.2, 0.25) is 0 Å². The van der Waals surface area contributed by atoms with Gasteiger partial charge in [0, 0.05) is 33.5 Å². The van der Waals surface area contributed by atoms with Gasteiger partial charge in [-0.25, -0.2) is 0 Å². The maximum absolute atomic E-state index is 2.39. The van der Waals surface area contributed by atoms with Gasteiger partial charge in [0.1, 0.15) is 0 Å². The number of hydrogen-bond donors (Lipinski definition) is 0. The smallest absolute Gasteiger partial charge is 0.0541 e. The summed E-state index contributed by atoms with van der Waals surface area (Å²) in [6.45, 7) is 0. The summed E-state index contributed by atoms with van der Waals surface area (Å²) in [4.78, 5) is 2.38. The standard InChI is InChI=1S/C74H50N2/c1-2-17-53(18-3-1)64-23-6-8-25-67(64)69-27-10-11-28-70(69)68-26-9-7-24-65(68)55-39-46-61(47-40-55)75(60-44-37-52(38-45-60)57-41-48-66-58(49-57)34-33-54-19-4-5-22-63(54)66)59-42-35-51(36-43-59)56-20-16-21-62(50-56)76-73-31-14-12-29-71(73)72-30-13-15-32-74(72)76/h1-50H. The van der Waals surface area contributed by atoms with Crippen molar-refractivity contribution in [2.75, 3.05) is 4.90 Å². The molecule has 0 amide bonds. The highest BCUT2D eigenvalue weighted by molar-refractivity contribution is 6.10. The highest BCUT2D eigenvalue weighted by Gasteiger charge is 2.19. The molecule has 2 heteroatoms. The molecule has 0 aliphatic carbocycles. The van der Waals surface area contributed by atoms with Crippen LogP contribution in [0.25, 0.3) is 116 Å². The molecule has 14 rings (SSSR count). The molecule has 13 aromatic carbocycles. The normalized spacial score (nSPS) is 11.4. The van der Waals surface area contributed by atoms with Crippen molar-refractivity contribution in [3.63, 3.8) is 0 Å². The van der Waals surface area contributed by atoms with Crippen LogP contribution in [0, 0.1) is 0 Å². The maximum Gasteiger partial charge on any atom is 0.0541 e. The van der Waals surface area contributed by atoms with Crippen molar-refractivity contribution in [2.45, 2.75) is 0 Å². The molecule has 356 valence electrons. The zero-order chi connectivity index (χ0) is 50.4. The number of fused-ring (bicyclic) bond motifs is 6. The monoisotopic (exact) mass is 966 g/mol. The fourth-order valence-electron chi connectivity index (χ4n) is 11.6. The van der Waals surface area contributed by atoms with Crippen LogP contribution in [0.1, 0.15) is 0 Å². The second-order valence-corrected chi connectivity index (χ2v) is 19.6. The highest BCUT2D eigenvalue weighted by Crippen LogP contribution is 2.44. The van der Waals surface area contributed by atoms with Crippen LogP contribution in [0.5, 0.6) is 0 Å². The lowest BCUT2D eigenvalue weighted by Crippen LogP contribution is -2.09. The van der Waals surface area contributed by atoms with Crippen LogP contribution in [-0.4, -0.2) is 4.57 Å². The molecule has 76 heavy (non-hydrogen) atoms. The van der Waals surface area contributed by atoms with Gasteiger partial charge in [0.05, 0.1) is 11.0 Å². The van der Waals surface area contributed by atoms with Crippen LogP contribution in [0.2, 0.25) is 0 Å². The largest absolute Gasteiger partial charge is 0.311 e. The van der Waals surface area contributed by atoms with Crippen molar-refractivity contribution in [2.24, 2.45) is 0 Å². The summed E-state index contributed by atoms with van der Waals surface area (Å²) >= 11 is 0. The Kier molecular flexibility index (Phi) is 11.2. The summed E-state index contributed by atoms with van der Waals surface area (Å²) in [5.74, 6) is 0. The van der Waals surface area contributed by atoms with Crippen molar-refractivity contribution in [3.05, 3.63) is 303 Å². The van der Waals surface area contributed by atoms with E-state index < -0.39 is 0 Å². The molecule has 0 unspecified atom stereocenters. The van der Waals surface area contributed by atoms with E-state index in [0.717, 1.165) is 33.9 Å². The van der Waals surface area contributed by atoms with Gasteiger partial charge in [-0.3, -0.25) is 0 Å². The molecule has 1 heterocycles. The molecule has 0 radical (unpaired) electrons. The Hall–Kier alpha value is -10.0. The molecular weight excluding hydrogens is 917 g/mol. The third-order valence-corrected chi connectivity index (χ3v) is 15.2. The summed E-state index contributed by atoms with van der Waals surface area (Å²) in [7, 11) is 0. The fourth-order valence-corrected chi connectivity index (χ4v) is 11.6. The second-order valence-electron chi connectivity index (χ2n) is 19.6. The van der Waals surface area contributed by atoms with Gasteiger partial charge >= 0.3 is 0 Å². The molecule has 0 spiro atoms. The van der Waals surface area contributed by atoms with E-state index in [-0.39, 0.29) is 0 Å². The van der Waals surface area contributed by atoms with E-state index in [0.29, 0.717) is 0 Å².